The summed E-state index contributed by atoms with van der Waals surface area (Å²) in [5.74, 6) is -0.134. The van der Waals surface area contributed by atoms with Crippen LogP contribution in [0.5, 0.6) is 0 Å². The van der Waals surface area contributed by atoms with Crippen molar-refractivity contribution in [2.24, 2.45) is 0 Å². The molecule has 0 bridgehead atoms. The number of unbranched alkanes of at least 4 members (excludes halogenated alkanes) is 22. The average Bonchev–Trinajstić information content (AvgIpc) is 3.23. The van der Waals surface area contributed by atoms with E-state index in [1.165, 1.54) is 83.5 Å². The quantitative estimate of drug-likeness (QED) is 0.0386. The zero-order chi connectivity index (χ0) is 43.9. The van der Waals surface area contributed by atoms with E-state index in [9.17, 15) is 19.2 Å². The zero-order valence-electron chi connectivity index (χ0n) is 39.7. The molecule has 0 aliphatic carbocycles. The van der Waals surface area contributed by atoms with Gasteiger partial charge in [-0.2, -0.15) is 0 Å². The number of likely N-dealkylation sites (N-methyl/N-ethyl adjacent to an activating group) is 1. The lowest BCUT2D eigenvalue weighted by Crippen LogP contribution is -2.43. The van der Waals surface area contributed by atoms with Crippen molar-refractivity contribution in [3.63, 3.8) is 0 Å². The van der Waals surface area contributed by atoms with Crippen LogP contribution in [0.3, 0.4) is 0 Å². The third-order valence-corrected chi connectivity index (χ3v) is 11.6. The van der Waals surface area contributed by atoms with Crippen molar-refractivity contribution >= 4 is 23.3 Å². The van der Waals surface area contributed by atoms with Crippen molar-refractivity contribution < 1.29 is 23.8 Å². The molecule has 0 heterocycles. The standard InChI is InChI=1S/C50H93N3O7/c1-6-9-12-15-19-26-33-44(34-27-20-16-13-10-7-2)60-46(55)36-29-22-18-24-31-39-53(48-47(49(56)50(48)57)51-37-42-58-43-40-52(4)5)38-30-23-17-21-28-35-45(54)59-41-32-25-14-11-8-3/h44,51H,6-43H2,1-5H3. The number of nitrogens with one attached hydrogen (secondary N) is 1. The summed E-state index contributed by atoms with van der Waals surface area (Å²) < 4.78 is 17.2. The van der Waals surface area contributed by atoms with E-state index in [2.05, 4.69) is 35.9 Å². The Hall–Kier alpha value is -2.46. The predicted molar refractivity (Wildman–Crippen MR) is 252 cm³/mol. The van der Waals surface area contributed by atoms with Gasteiger partial charge in [0.05, 0.1) is 19.8 Å². The van der Waals surface area contributed by atoms with Gasteiger partial charge in [-0.15, -0.1) is 0 Å². The first-order chi connectivity index (χ1) is 29.2. The summed E-state index contributed by atoms with van der Waals surface area (Å²) in [5.41, 5.74) is 0.0961. The molecule has 60 heavy (non-hydrogen) atoms. The van der Waals surface area contributed by atoms with Crippen LogP contribution >= 0.6 is 0 Å². The second-order valence-electron chi connectivity index (χ2n) is 17.6. The maximum atomic E-state index is 12.9. The lowest BCUT2D eigenvalue weighted by molar-refractivity contribution is -0.150. The summed E-state index contributed by atoms with van der Waals surface area (Å²) >= 11 is 0. The fourth-order valence-electron chi connectivity index (χ4n) is 7.76. The molecule has 0 amide bonds. The molecule has 1 rings (SSSR count). The number of carbonyl (C=O) groups excluding carboxylic acids is 2. The second-order valence-corrected chi connectivity index (χ2v) is 17.6. The van der Waals surface area contributed by atoms with Gasteiger partial charge >= 0.3 is 11.9 Å². The maximum Gasteiger partial charge on any atom is 0.306 e. The number of rotatable bonds is 45. The van der Waals surface area contributed by atoms with Gasteiger partial charge in [-0.1, -0.05) is 149 Å². The van der Waals surface area contributed by atoms with Gasteiger partial charge in [0.25, 0.3) is 10.9 Å². The molecule has 1 aromatic rings. The number of hydrogen-bond acceptors (Lipinski definition) is 10. The van der Waals surface area contributed by atoms with E-state index in [0.29, 0.717) is 63.7 Å². The smallest absolute Gasteiger partial charge is 0.306 e. The lowest BCUT2D eigenvalue weighted by Gasteiger charge is -2.28. The van der Waals surface area contributed by atoms with Crippen LogP contribution in [0, 0.1) is 0 Å². The molecule has 0 spiro atoms. The maximum absolute atomic E-state index is 12.9. The number of nitrogens with zero attached hydrogens (tertiary/aromatic N) is 2. The van der Waals surface area contributed by atoms with E-state index in [-0.39, 0.29) is 18.0 Å². The molecule has 1 N–H and O–H groups in total. The zero-order valence-corrected chi connectivity index (χ0v) is 39.7. The van der Waals surface area contributed by atoms with Crippen LogP contribution in [0.2, 0.25) is 0 Å². The first-order valence-corrected chi connectivity index (χ1v) is 25.1. The van der Waals surface area contributed by atoms with Crippen molar-refractivity contribution in [1.29, 1.82) is 0 Å². The minimum Gasteiger partial charge on any atom is -0.466 e. The topological polar surface area (TPSA) is 114 Å². The first kappa shape index (κ1) is 55.6. The van der Waals surface area contributed by atoms with Crippen molar-refractivity contribution in [2.45, 2.75) is 226 Å². The highest BCUT2D eigenvalue weighted by Crippen LogP contribution is 2.23. The van der Waals surface area contributed by atoms with Gasteiger partial charge < -0.3 is 29.3 Å². The van der Waals surface area contributed by atoms with Gasteiger partial charge in [-0.3, -0.25) is 19.2 Å². The third kappa shape index (κ3) is 29.7. The van der Waals surface area contributed by atoms with Gasteiger partial charge in [0.2, 0.25) is 0 Å². The van der Waals surface area contributed by atoms with Gasteiger partial charge in [0.1, 0.15) is 17.5 Å². The van der Waals surface area contributed by atoms with E-state index in [1.807, 2.05) is 14.1 Å². The minimum atomic E-state index is -0.441. The Balaban J connectivity index is 2.55. The molecular formula is C50H93N3O7. The molecule has 0 saturated carbocycles. The van der Waals surface area contributed by atoms with Crippen LogP contribution < -0.4 is 21.1 Å². The van der Waals surface area contributed by atoms with Crippen molar-refractivity contribution in [3.05, 3.63) is 20.4 Å². The van der Waals surface area contributed by atoms with E-state index in [0.717, 1.165) is 109 Å². The monoisotopic (exact) mass is 848 g/mol. The number of ether oxygens (including phenoxy) is 3. The summed E-state index contributed by atoms with van der Waals surface area (Å²) in [4.78, 5) is 54.8. The van der Waals surface area contributed by atoms with E-state index in [4.69, 9.17) is 14.2 Å². The fraction of sp³-hybridized carbons (Fsp3) is 0.880. The Morgan fingerprint density at radius 1 is 0.517 bits per heavy atom. The highest BCUT2D eigenvalue weighted by atomic mass is 16.5. The largest absolute Gasteiger partial charge is 0.466 e. The van der Waals surface area contributed by atoms with E-state index in [1.54, 1.807) is 0 Å². The van der Waals surface area contributed by atoms with Gasteiger partial charge in [0, 0.05) is 39.0 Å². The number of hydrogen-bond donors (Lipinski definition) is 1. The third-order valence-electron chi connectivity index (χ3n) is 11.6. The lowest BCUT2D eigenvalue weighted by atomic mass is 10.0. The highest BCUT2D eigenvalue weighted by molar-refractivity contribution is 5.75. The molecule has 0 fully saturated rings. The van der Waals surface area contributed by atoms with Crippen molar-refractivity contribution in [1.82, 2.24) is 4.90 Å². The predicted octanol–water partition coefficient (Wildman–Crippen LogP) is 11.7. The molecule has 0 aliphatic heterocycles. The Bertz CT molecular complexity index is 1220. The Kier molecular flexibility index (Phi) is 36.5. The van der Waals surface area contributed by atoms with Crippen molar-refractivity contribution in [3.8, 4) is 0 Å². The number of anilines is 2. The van der Waals surface area contributed by atoms with Gasteiger partial charge in [-0.25, -0.2) is 0 Å². The van der Waals surface area contributed by atoms with Crippen molar-refractivity contribution in [2.75, 3.05) is 70.3 Å². The molecule has 0 aliphatic rings. The SMILES string of the molecule is CCCCCCCCC(CCCCCCCC)OC(=O)CCCCCCCN(CCCCCCCC(=O)OCCCCCCC)c1c(NCCOCCN(C)C)c(=O)c1=O. The van der Waals surface area contributed by atoms with E-state index >= 15 is 0 Å². The number of esters is 2. The van der Waals surface area contributed by atoms with Crippen LogP contribution in [0.15, 0.2) is 9.59 Å². The van der Waals surface area contributed by atoms with Crippen LogP contribution in [0.1, 0.15) is 220 Å². The molecule has 10 nitrogen and oxygen atoms in total. The molecule has 10 heteroatoms. The Labute approximate surface area is 367 Å². The molecule has 0 atom stereocenters. The number of carbonyl (C=O) groups is 2. The Morgan fingerprint density at radius 3 is 1.52 bits per heavy atom. The molecule has 350 valence electrons. The van der Waals surface area contributed by atoms with Crippen LogP contribution in [-0.4, -0.2) is 83.0 Å². The van der Waals surface area contributed by atoms with Crippen LogP contribution in [0.25, 0.3) is 0 Å². The molecular weight excluding hydrogens is 755 g/mol. The summed E-state index contributed by atoms with van der Waals surface area (Å²) in [7, 11) is 4.00. The summed E-state index contributed by atoms with van der Waals surface area (Å²) in [6.07, 6.45) is 33.2. The normalized spacial score (nSPS) is 11.6. The molecule has 0 radical (unpaired) electrons. The van der Waals surface area contributed by atoms with Gasteiger partial charge in [0.15, 0.2) is 0 Å². The molecule has 1 aromatic carbocycles. The summed E-state index contributed by atoms with van der Waals surface area (Å²) in [5, 5.41) is 3.20. The second kappa shape index (κ2) is 39.4. The first-order valence-electron chi connectivity index (χ1n) is 25.1. The highest BCUT2D eigenvalue weighted by Gasteiger charge is 2.25. The van der Waals surface area contributed by atoms with Crippen LogP contribution in [0.4, 0.5) is 11.4 Å². The molecule has 0 saturated heterocycles. The summed E-state index contributed by atoms with van der Waals surface area (Å²) in [6, 6.07) is 0. The fourth-order valence-corrected chi connectivity index (χ4v) is 7.76. The molecule has 0 aromatic heterocycles. The summed E-state index contributed by atoms with van der Waals surface area (Å²) in [6.45, 7) is 11.0. The molecule has 0 unspecified atom stereocenters. The van der Waals surface area contributed by atoms with Crippen LogP contribution in [-0.2, 0) is 23.8 Å². The Morgan fingerprint density at radius 2 is 0.983 bits per heavy atom. The van der Waals surface area contributed by atoms with Gasteiger partial charge in [-0.05, 0) is 71.9 Å². The minimum absolute atomic E-state index is 0.0422. The van der Waals surface area contributed by atoms with E-state index < -0.39 is 10.9 Å². The average molecular weight is 848 g/mol.